The van der Waals surface area contributed by atoms with Gasteiger partial charge in [-0.25, -0.2) is 0 Å². The Balaban J connectivity index is 1.55. The number of ether oxygens (including phenoxy) is 1. The quantitative estimate of drug-likeness (QED) is 0.530. The number of amides is 1. The van der Waals surface area contributed by atoms with Gasteiger partial charge in [0, 0.05) is 22.5 Å². The number of rotatable bonds is 6. The van der Waals surface area contributed by atoms with E-state index in [4.69, 9.17) is 20.8 Å². The van der Waals surface area contributed by atoms with Gasteiger partial charge in [0.15, 0.2) is 5.76 Å². The molecule has 1 N–H and O–H groups in total. The van der Waals surface area contributed by atoms with Crippen molar-refractivity contribution in [3.63, 3.8) is 0 Å². The Morgan fingerprint density at radius 1 is 1.13 bits per heavy atom. The number of likely N-dealkylation sites (tertiary alicyclic amines) is 1. The third-order valence-corrected chi connectivity index (χ3v) is 6.38. The van der Waals surface area contributed by atoms with Crippen LogP contribution in [0, 0.1) is 6.92 Å². The van der Waals surface area contributed by atoms with Gasteiger partial charge in [0.1, 0.15) is 11.3 Å². The number of hydrogen-bond donors (Lipinski definition) is 1. The van der Waals surface area contributed by atoms with Crippen LogP contribution in [0.3, 0.4) is 0 Å². The van der Waals surface area contributed by atoms with E-state index in [-0.39, 0.29) is 11.9 Å². The zero-order valence-electron chi connectivity index (χ0n) is 18.1. The number of aryl methyl sites for hydroxylation is 1. The first-order valence-corrected chi connectivity index (χ1v) is 11.3. The number of furan rings is 1. The molecule has 0 unspecified atom stereocenters. The minimum atomic E-state index is -0.196. The van der Waals surface area contributed by atoms with Crippen molar-refractivity contribution in [2.75, 3.05) is 26.7 Å². The number of hydrogen-bond acceptors (Lipinski definition) is 4. The third kappa shape index (κ3) is 4.89. The molecule has 2 heterocycles. The van der Waals surface area contributed by atoms with Crippen LogP contribution < -0.4 is 10.1 Å². The molecule has 0 aliphatic carbocycles. The first-order chi connectivity index (χ1) is 15.1. The summed E-state index contributed by atoms with van der Waals surface area (Å²) < 4.78 is 11.2. The van der Waals surface area contributed by atoms with E-state index in [1.807, 2.05) is 25.1 Å². The van der Waals surface area contributed by atoms with Crippen LogP contribution in [0.5, 0.6) is 5.75 Å². The molecule has 0 spiro atoms. The van der Waals surface area contributed by atoms with Crippen molar-refractivity contribution in [3.8, 4) is 5.75 Å². The predicted molar refractivity (Wildman–Crippen MR) is 124 cm³/mol. The van der Waals surface area contributed by atoms with Crippen LogP contribution in [0.25, 0.3) is 11.0 Å². The number of fused-ring (bicyclic) bond motifs is 1. The van der Waals surface area contributed by atoms with E-state index in [0.717, 1.165) is 29.8 Å². The Labute approximate surface area is 188 Å². The van der Waals surface area contributed by atoms with E-state index in [0.29, 0.717) is 22.9 Å². The van der Waals surface area contributed by atoms with Gasteiger partial charge in [-0.15, -0.1) is 0 Å². The van der Waals surface area contributed by atoms with Gasteiger partial charge < -0.3 is 14.5 Å². The molecule has 4 rings (SSSR count). The van der Waals surface area contributed by atoms with Gasteiger partial charge >= 0.3 is 0 Å². The molecule has 6 heteroatoms. The predicted octanol–water partition coefficient (Wildman–Crippen LogP) is 5.75. The van der Waals surface area contributed by atoms with Crippen LogP contribution in [0.4, 0.5) is 0 Å². The molecule has 1 amide bonds. The summed E-state index contributed by atoms with van der Waals surface area (Å²) in [6.45, 7) is 4.48. The fraction of sp³-hybridized carbons (Fsp3) is 0.400. The first kappa shape index (κ1) is 21.7. The number of nitrogens with one attached hydrogen (secondary N) is 1. The maximum Gasteiger partial charge on any atom is 0.287 e. The van der Waals surface area contributed by atoms with Crippen molar-refractivity contribution in [1.29, 1.82) is 0 Å². The Bertz CT molecular complexity index is 1040. The summed E-state index contributed by atoms with van der Waals surface area (Å²) in [5.74, 6) is 0.985. The maximum atomic E-state index is 13.0. The van der Waals surface area contributed by atoms with Crippen LogP contribution in [0.2, 0.25) is 5.02 Å². The van der Waals surface area contributed by atoms with Gasteiger partial charge in [-0.05, 0) is 68.8 Å². The number of carbonyl (C=O) groups is 1. The van der Waals surface area contributed by atoms with Crippen LogP contribution in [0.15, 0.2) is 46.9 Å². The Morgan fingerprint density at radius 2 is 1.84 bits per heavy atom. The summed E-state index contributed by atoms with van der Waals surface area (Å²) in [5, 5.41) is 4.62. The lowest BCUT2D eigenvalue weighted by Gasteiger charge is -2.31. The summed E-state index contributed by atoms with van der Waals surface area (Å²) in [6.07, 6.45) is 4.89. The number of halogens is 1. The average Bonchev–Trinajstić information content (AvgIpc) is 2.95. The zero-order chi connectivity index (χ0) is 21.8. The third-order valence-electron chi connectivity index (χ3n) is 6.14. The van der Waals surface area contributed by atoms with Crippen molar-refractivity contribution >= 4 is 28.5 Å². The fourth-order valence-electron chi connectivity index (χ4n) is 4.37. The van der Waals surface area contributed by atoms with Crippen LogP contribution in [-0.4, -0.2) is 37.6 Å². The average molecular weight is 441 g/mol. The lowest BCUT2D eigenvalue weighted by atomic mass is 10.0. The van der Waals surface area contributed by atoms with Gasteiger partial charge in [0.2, 0.25) is 0 Å². The molecule has 0 bridgehead atoms. The maximum absolute atomic E-state index is 13.0. The molecule has 164 valence electrons. The van der Waals surface area contributed by atoms with Gasteiger partial charge in [-0.1, -0.05) is 36.6 Å². The van der Waals surface area contributed by atoms with Crippen LogP contribution >= 0.6 is 11.6 Å². The van der Waals surface area contributed by atoms with Gasteiger partial charge in [-0.2, -0.15) is 0 Å². The highest BCUT2D eigenvalue weighted by molar-refractivity contribution is 6.31. The zero-order valence-corrected chi connectivity index (χ0v) is 18.9. The summed E-state index contributed by atoms with van der Waals surface area (Å²) in [5.41, 5.74) is 2.66. The molecule has 1 aromatic heterocycles. The van der Waals surface area contributed by atoms with Crippen molar-refractivity contribution in [3.05, 3.63) is 64.4 Å². The molecular formula is C25H29ClN2O3. The number of methoxy groups -OCH3 is 1. The Morgan fingerprint density at radius 3 is 2.52 bits per heavy atom. The lowest BCUT2D eigenvalue weighted by Crippen LogP contribution is -2.38. The second-order valence-corrected chi connectivity index (χ2v) is 8.58. The second kappa shape index (κ2) is 9.75. The highest BCUT2D eigenvalue weighted by Crippen LogP contribution is 2.29. The van der Waals surface area contributed by atoms with Gasteiger partial charge in [0.05, 0.1) is 13.2 Å². The Kier molecular flexibility index (Phi) is 6.83. The molecule has 0 radical (unpaired) electrons. The van der Waals surface area contributed by atoms with E-state index in [1.165, 1.54) is 31.2 Å². The second-order valence-electron chi connectivity index (χ2n) is 8.15. The SMILES string of the molecule is COc1ccc([C@H](CNC(=O)c2oc3ccc(Cl)cc3c2C)N2CCCCCC2)cc1. The van der Waals surface area contributed by atoms with Crippen molar-refractivity contribution in [2.45, 2.75) is 38.6 Å². The smallest absolute Gasteiger partial charge is 0.287 e. The van der Waals surface area contributed by atoms with Gasteiger partial charge in [-0.3, -0.25) is 9.69 Å². The fourth-order valence-corrected chi connectivity index (χ4v) is 4.54. The largest absolute Gasteiger partial charge is 0.497 e. The summed E-state index contributed by atoms with van der Waals surface area (Å²) in [7, 11) is 1.67. The molecule has 1 fully saturated rings. The minimum absolute atomic E-state index is 0.104. The molecule has 1 atom stereocenters. The Hall–Kier alpha value is -2.50. The van der Waals surface area contributed by atoms with Crippen molar-refractivity contribution in [1.82, 2.24) is 10.2 Å². The standard InChI is InChI=1S/C25H29ClN2O3/c1-17-21-15-19(26)9-12-23(21)31-24(17)25(29)27-16-22(28-13-5-3-4-6-14-28)18-7-10-20(30-2)11-8-18/h7-12,15,22H,3-6,13-14,16H2,1-2H3,(H,27,29)/t22-/m0/s1. The molecule has 1 saturated heterocycles. The number of nitrogens with zero attached hydrogens (tertiary/aromatic N) is 1. The van der Waals surface area contributed by atoms with Gasteiger partial charge in [0.25, 0.3) is 5.91 Å². The molecule has 1 aliphatic rings. The number of benzene rings is 2. The van der Waals surface area contributed by atoms with E-state index < -0.39 is 0 Å². The van der Waals surface area contributed by atoms with Crippen LogP contribution in [0.1, 0.15) is 53.4 Å². The molecule has 3 aromatic rings. The van der Waals surface area contributed by atoms with E-state index >= 15 is 0 Å². The lowest BCUT2D eigenvalue weighted by molar-refractivity contribution is 0.0907. The molecule has 31 heavy (non-hydrogen) atoms. The summed E-state index contributed by atoms with van der Waals surface area (Å²) >= 11 is 6.11. The molecule has 2 aromatic carbocycles. The highest BCUT2D eigenvalue weighted by Gasteiger charge is 2.24. The van der Waals surface area contributed by atoms with E-state index in [9.17, 15) is 4.79 Å². The monoisotopic (exact) mass is 440 g/mol. The summed E-state index contributed by atoms with van der Waals surface area (Å²) in [4.78, 5) is 15.5. The van der Waals surface area contributed by atoms with E-state index in [2.05, 4.69) is 22.3 Å². The molecule has 1 aliphatic heterocycles. The molecule has 5 nitrogen and oxygen atoms in total. The van der Waals surface area contributed by atoms with Crippen molar-refractivity contribution in [2.24, 2.45) is 0 Å². The first-order valence-electron chi connectivity index (χ1n) is 10.9. The topological polar surface area (TPSA) is 54.7 Å². The molecular weight excluding hydrogens is 412 g/mol. The van der Waals surface area contributed by atoms with Crippen molar-refractivity contribution < 1.29 is 13.9 Å². The minimum Gasteiger partial charge on any atom is -0.497 e. The molecule has 0 saturated carbocycles. The summed E-state index contributed by atoms with van der Waals surface area (Å²) in [6, 6.07) is 13.7. The normalized spacial score (nSPS) is 16.1. The van der Waals surface area contributed by atoms with Crippen LogP contribution in [-0.2, 0) is 0 Å². The van der Waals surface area contributed by atoms with E-state index in [1.54, 1.807) is 19.2 Å². The highest BCUT2D eigenvalue weighted by atomic mass is 35.5. The number of carbonyl (C=O) groups excluding carboxylic acids is 1.